The molecule has 1 aromatic rings. The van der Waals surface area contributed by atoms with Crippen LogP contribution in [0.25, 0.3) is 0 Å². The van der Waals surface area contributed by atoms with Crippen LogP contribution in [0.4, 0.5) is 5.69 Å². The maximum absolute atomic E-state index is 12.8. The Morgan fingerprint density at radius 3 is 2.57 bits per heavy atom. The van der Waals surface area contributed by atoms with Crippen LogP contribution >= 0.6 is 0 Å². The first-order valence-corrected chi connectivity index (χ1v) is 8.13. The number of benzene rings is 1. The van der Waals surface area contributed by atoms with Crippen molar-refractivity contribution in [2.45, 2.75) is 50.1 Å². The summed E-state index contributed by atoms with van der Waals surface area (Å²) in [5.74, 6) is 0.418. The molecule has 6 nitrogen and oxygen atoms in total. The van der Waals surface area contributed by atoms with Crippen molar-refractivity contribution in [2.75, 3.05) is 0 Å². The third kappa shape index (κ3) is 2.42. The first-order valence-electron chi connectivity index (χ1n) is 8.13. The molecule has 0 radical (unpaired) electrons. The van der Waals surface area contributed by atoms with Gasteiger partial charge in [-0.2, -0.15) is 0 Å². The SMILES string of the molecule is O=C1CC2CCC(C1)N2C(=O)C1CC1c1cccc([N+](=O)[O-])c1. The van der Waals surface area contributed by atoms with Crippen LogP contribution in [0.5, 0.6) is 0 Å². The second kappa shape index (κ2) is 5.15. The number of rotatable bonds is 3. The first-order chi connectivity index (χ1) is 11.0. The quantitative estimate of drug-likeness (QED) is 0.634. The predicted molar refractivity (Wildman–Crippen MR) is 81.8 cm³/mol. The molecule has 23 heavy (non-hydrogen) atoms. The lowest BCUT2D eigenvalue weighted by molar-refractivity contribution is -0.384. The minimum absolute atomic E-state index is 0.0734. The van der Waals surface area contributed by atoms with Crippen molar-refractivity contribution < 1.29 is 14.5 Å². The molecule has 2 heterocycles. The van der Waals surface area contributed by atoms with Crippen molar-refractivity contribution in [1.82, 2.24) is 4.90 Å². The summed E-state index contributed by atoms with van der Waals surface area (Å²) in [4.78, 5) is 36.9. The van der Waals surface area contributed by atoms with E-state index < -0.39 is 4.92 Å². The zero-order valence-corrected chi connectivity index (χ0v) is 12.7. The number of amides is 1. The molecule has 4 atom stereocenters. The van der Waals surface area contributed by atoms with Gasteiger partial charge >= 0.3 is 0 Å². The lowest BCUT2D eigenvalue weighted by Crippen LogP contribution is -2.47. The van der Waals surface area contributed by atoms with Gasteiger partial charge in [-0.1, -0.05) is 12.1 Å². The summed E-state index contributed by atoms with van der Waals surface area (Å²) in [6, 6.07) is 6.75. The van der Waals surface area contributed by atoms with Crippen molar-refractivity contribution in [3.8, 4) is 0 Å². The minimum Gasteiger partial charge on any atom is -0.336 e. The van der Waals surface area contributed by atoms with Gasteiger partial charge in [-0.3, -0.25) is 19.7 Å². The van der Waals surface area contributed by atoms with Crippen LogP contribution in [-0.4, -0.2) is 33.6 Å². The standard InChI is InChI=1S/C17H18N2O4/c20-14-7-11-4-5-12(8-14)18(11)17(21)16-9-15(16)10-2-1-3-13(6-10)19(22)23/h1-3,6,11-12,15-16H,4-5,7-9H2. The third-order valence-electron chi connectivity index (χ3n) is 5.42. The Kier molecular flexibility index (Phi) is 3.21. The molecular formula is C17H18N2O4. The summed E-state index contributed by atoms with van der Waals surface area (Å²) in [6.07, 6.45) is 3.60. The van der Waals surface area contributed by atoms with Crippen molar-refractivity contribution in [3.05, 3.63) is 39.9 Å². The molecule has 1 saturated carbocycles. The van der Waals surface area contributed by atoms with Gasteiger partial charge < -0.3 is 4.90 Å². The Hall–Kier alpha value is -2.24. The average Bonchev–Trinajstić information content (AvgIpc) is 3.27. The predicted octanol–water partition coefficient (Wildman–Crippen LogP) is 2.42. The summed E-state index contributed by atoms with van der Waals surface area (Å²) >= 11 is 0. The molecule has 2 aliphatic heterocycles. The lowest BCUT2D eigenvalue weighted by atomic mass is 10.00. The van der Waals surface area contributed by atoms with Crippen LogP contribution in [0.3, 0.4) is 0 Å². The van der Waals surface area contributed by atoms with Crippen LogP contribution < -0.4 is 0 Å². The maximum Gasteiger partial charge on any atom is 0.269 e. The Balaban J connectivity index is 1.49. The highest BCUT2D eigenvalue weighted by atomic mass is 16.6. The van der Waals surface area contributed by atoms with Crippen LogP contribution in [0, 0.1) is 16.0 Å². The van der Waals surface area contributed by atoms with Gasteiger partial charge in [0.15, 0.2) is 0 Å². The van der Waals surface area contributed by atoms with Crippen LogP contribution in [0.1, 0.15) is 43.6 Å². The van der Waals surface area contributed by atoms with E-state index in [1.165, 1.54) is 6.07 Å². The van der Waals surface area contributed by atoms with Gasteiger partial charge in [-0.05, 0) is 30.7 Å². The number of fused-ring (bicyclic) bond motifs is 2. The Bertz CT molecular complexity index is 686. The lowest BCUT2D eigenvalue weighted by Gasteiger charge is -2.34. The van der Waals surface area contributed by atoms with E-state index in [1.54, 1.807) is 12.1 Å². The Morgan fingerprint density at radius 1 is 1.22 bits per heavy atom. The van der Waals surface area contributed by atoms with Gasteiger partial charge in [0, 0.05) is 43.0 Å². The van der Waals surface area contributed by atoms with E-state index in [4.69, 9.17) is 0 Å². The van der Waals surface area contributed by atoms with Crippen LogP contribution in [0.15, 0.2) is 24.3 Å². The minimum atomic E-state index is -0.404. The van der Waals surface area contributed by atoms with Gasteiger partial charge in [-0.25, -0.2) is 0 Å². The van der Waals surface area contributed by atoms with E-state index in [0.717, 1.165) is 24.8 Å². The zero-order valence-electron chi connectivity index (χ0n) is 12.7. The highest BCUT2D eigenvalue weighted by molar-refractivity contribution is 5.88. The molecule has 3 aliphatic rings. The summed E-state index contributed by atoms with van der Waals surface area (Å²) in [7, 11) is 0. The number of Topliss-reactive ketones (excluding diaryl/α,β-unsaturated/α-hetero) is 1. The highest BCUT2D eigenvalue weighted by Gasteiger charge is 2.51. The number of nitro benzene ring substituents is 1. The van der Waals surface area contributed by atoms with Crippen LogP contribution in [0.2, 0.25) is 0 Å². The average molecular weight is 314 g/mol. The number of nitrogens with zero attached hydrogens (tertiary/aromatic N) is 2. The summed E-state index contributed by atoms with van der Waals surface area (Å²) in [5, 5.41) is 10.9. The Labute approximate surface area is 133 Å². The fourth-order valence-corrected chi connectivity index (χ4v) is 4.23. The topological polar surface area (TPSA) is 80.5 Å². The normalized spacial score (nSPS) is 32.0. The molecule has 1 aliphatic carbocycles. The van der Waals surface area contributed by atoms with Gasteiger partial charge in [-0.15, -0.1) is 0 Å². The maximum atomic E-state index is 12.8. The summed E-state index contributed by atoms with van der Waals surface area (Å²) < 4.78 is 0. The number of hydrogen-bond donors (Lipinski definition) is 0. The molecule has 2 saturated heterocycles. The van der Waals surface area contributed by atoms with Crippen molar-refractivity contribution in [3.63, 3.8) is 0 Å². The van der Waals surface area contributed by atoms with E-state index in [1.807, 2.05) is 11.0 Å². The van der Waals surface area contributed by atoms with Gasteiger partial charge in [0.1, 0.15) is 5.78 Å². The number of carbonyl (C=O) groups is 2. The number of non-ortho nitro benzene ring substituents is 1. The fraction of sp³-hybridized carbons (Fsp3) is 0.529. The largest absolute Gasteiger partial charge is 0.336 e. The number of carbonyl (C=O) groups excluding carboxylic acids is 2. The second-order valence-corrected chi connectivity index (χ2v) is 6.88. The highest BCUT2D eigenvalue weighted by Crippen LogP contribution is 2.50. The Morgan fingerprint density at radius 2 is 1.91 bits per heavy atom. The third-order valence-corrected chi connectivity index (χ3v) is 5.42. The molecule has 0 N–H and O–H groups in total. The molecule has 4 rings (SSSR count). The van der Waals surface area contributed by atoms with E-state index in [-0.39, 0.29) is 41.3 Å². The van der Waals surface area contributed by atoms with Gasteiger partial charge in [0.2, 0.25) is 5.91 Å². The smallest absolute Gasteiger partial charge is 0.269 e. The molecule has 0 aromatic heterocycles. The van der Waals surface area contributed by atoms with Crippen LogP contribution in [-0.2, 0) is 9.59 Å². The monoisotopic (exact) mass is 314 g/mol. The number of hydrogen-bond acceptors (Lipinski definition) is 4. The van der Waals surface area contributed by atoms with Gasteiger partial charge in [0.05, 0.1) is 4.92 Å². The molecular weight excluding hydrogens is 296 g/mol. The molecule has 0 spiro atoms. The number of ketones is 1. The molecule has 120 valence electrons. The second-order valence-electron chi connectivity index (χ2n) is 6.88. The van der Waals surface area contributed by atoms with Crippen molar-refractivity contribution in [1.29, 1.82) is 0 Å². The molecule has 1 amide bonds. The van der Waals surface area contributed by atoms with E-state index in [2.05, 4.69) is 0 Å². The van der Waals surface area contributed by atoms with E-state index >= 15 is 0 Å². The molecule has 2 bridgehead atoms. The zero-order chi connectivity index (χ0) is 16.1. The van der Waals surface area contributed by atoms with Crippen molar-refractivity contribution in [2.24, 2.45) is 5.92 Å². The molecule has 4 unspecified atom stereocenters. The van der Waals surface area contributed by atoms with Gasteiger partial charge in [0.25, 0.3) is 5.69 Å². The van der Waals surface area contributed by atoms with Crippen molar-refractivity contribution >= 4 is 17.4 Å². The molecule has 3 fully saturated rings. The number of piperidine rings is 1. The molecule has 1 aromatic carbocycles. The van der Waals surface area contributed by atoms with E-state index in [0.29, 0.717) is 12.8 Å². The van der Waals surface area contributed by atoms with E-state index in [9.17, 15) is 19.7 Å². The first kappa shape index (κ1) is 14.4. The summed E-state index contributed by atoms with van der Waals surface area (Å²) in [5.41, 5.74) is 0.947. The summed E-state index contributed by atoms with van der Waals surface area (Å²) in [6.45, 7) is 0. The number of nitro groups is 1. The fourth-order valence-electron chi connectivity index (χ4n) is 4.23. The molecule has 6 heteroatoms.